The Bertz CT molecular complexity index is 1220. The van der Waals surface area contributed by atoms with Crippen molar-refractivity contribution in [2.45, 2.75) is 45.4 Å². The van der Waals surface area contributed by atoms with Crippen molar-refractivity contribution in [1.82, 2.24) is 10.2 Å². The minimum absolute atomic E-state index is 0.0539. The summed E-state index contributed by atoms with van der Waals surface area (Å²) in [6.45, 7) is 5.44. The Labute approximate surface area is 208 Å². The molecule has 2 heterocycles. The summed E-state index contributed by atoms with van der Waals surface area (Å²) < 4.78 is 41.3. The minimum atomic E-state index is -4.73. The zero-order valence-corrected chi connectivity index (χ0v) is 20.0. The molecule has 0 spiro atoms. The summed E-state index contributed by atoms with van der Waals surface area (Å²) in [5, 5.41) is 3.46. The molecule has 36 heavy (non-hydrogen) atoms. The van der Waals surface area contributed by atoms with Crippen LogP contribution in [0.15, 0.2) is 66.7 Å². The highest BCUT2D eigenvalue weighted by atomic mass is 19.4. The largest absolute Gasteiger partial charge is 0.573 e. The molecular weight excluding hydrogens is 467 g/mol. The second kappa shape index (κ2) is 9.85. The summed E-state index contributed by atoms with van der Waals surface area (Å²) in [6.07, 6.45) is -3.67. The molecule has 8 heteroatoms. The number of amides is 1. The fourth-order valence-electron chi connectivity index (χ4n) is 5.13. The number of carbonyl (C=O) groups is 1. The lowest BCUT2D eigenvalue weighted by atomic mass is 10.0. The van der Waals surface area contributed by atoms with E-state index in [-0.39, 0.29) is 11.7 Å². The molecule has 2 aliphatic rings. The first kappa shape index (κ1) is 24.2. The number of fused-ring (bicyclic) bond motifs is 1. The summed E-state index contributed by atoms with van der Waals surface area (Å²) in [5.74, 6) is -0.329. The Morgan fingerprint density at radius 2 is 1.81 bits per heavy atom. The number of benzene rings is 3. The Balaban J connectivity index is 1.36. The van der Waals surface area contributed by atoms with Crippen LogP contribution >= 0.6 is 0 Å². The van der Waals surface area contributed by atoms with E-state index in [0.29, 0.717) is 19.1 Å². The maximum atomic E-state index is 13.2. The SMILES string of the molecule is Cc1cc(N(Cc2ccccc2)C2CCNC2)cc2c1C(=O)N(Cc1ccc(OC(F)(F)F)cc1)C2. The number of halogens is 3. The second-order valence-corrected chi connectivity index (χ2v) is 9.41. The molecule has 3 aromatic carbocycles. The molecule has 5 rings (SSSR count). The number of alkyl halides is 3. The van der Waals surface area contributed by atoms with Crippen LogP contribution in [-0.4, -0.2) is 36.3 Å². The first-order valence-electron chi connectivity index (χ1n) is 12.1. The third kappa shape index (κ3) is 5.33. The Morgan fingerprint density at radius 3 is 2.47 bits per heavy atom. The van der Waals surface area contributed by atoms with E-state index < -0.39 is 6.36 Å². The lowest BCUT2D eigenvalue weighted by molar-refractivity contribution is -0.274. The van der Waals surface area contributed by atoms with Gasteiger partial charge in [-0.1, -0.05) is 42.5 Å². The molecule has 1 fully saturated rings. The van der Waals surface area contributed by atoms with Gasteiger partial charge in [-0.3, -0.25) is 4.79 Å². The molecule has 0 aromatic heterocycles. The molecule has 0 aliphatic carbocycles. The van der Waals surface area contributed by atoms with Crippen LogP contribution in [0, 0.1) is 6.92 Å². The molecule has 0 bridgehead atoms. The minimum Gasteiger partial charge on any atom is -0.406 e. The zero-order valence-electron chi connectivity index (χ0n) is 20.0. The summed E-state index contributed by atoms with van der Waals surface area (Å²) in [5.41, 5.74) is 5.72. The summed E-state index contributed by atoms with van der Waals surface area (Å²) in [4.78, 5) is 17.4. The molecule has 1 atom stereocenters. The number of hydrogen-bond donors (Lipinski definition) is 1. The van der Waals surface area contributed by atoms with Gasteiger partial charge in [0.05, 0.1) is 0 Å². The van der Waals surface area contributed by atoms with Crippen LogP contribution in [0.1, 0.15) is 39.0 Å². The standard InChI is InChI=1S/C28H28F3N3O2/c1-19-13-24(34(23-11-12-32-15-23)17-20-5-3-2-4-6-20)14-22-18-33(27(35)26(19)22)16-21-7-9-25(10-8-21)36-28(29,30)31/h2-10,13-14,23,32H,11-12,15-18H2,1H3. The number of carbonyl (C=O) groups excluding carboxylic acids is 1. The van der Waals surface area contributed by atoms with E-state index in [2.05, 4.69) is 39.2 Å². The summed E-state index contributed by atoms with van der Waals surface area (Å²) in [7, 11) is 0. The normalized spacial score (nSPS) is 17.4. The summed E-state index contributed by atoms with van der Waals surface area (Å²) in [6, 6.07) is 20.6. The number of nitrogens with zero attached hydrogens (tertiary/aromatic N) is 2. The van der Waals surface area contributed by atoms with E-state index in [4.69, 9.17) is 0 Å². The van der Waals surface area contributed by atoms with Crippen LogP contribution in [-0.2, 0) is 19.6 Å². The van der Waals surface area contributed by atoms with Gasteiger partial charge in [0, 0.05) is 43.5 Å². The van der Waals surface area contributed by atoms with Gasteiger partial charge in [-0.25, -0.2) is 0 Å². The van der Waals surface area contributed by atoms with Gasteiger partial charge in [0.15, 0.2) is 0 Å². The smallest absolute Gasteiger partial charge is 0.406 e. The molecule has 2 aliphatic heterocycles. The molecule has 1 amide bonds. The number of ether oxygens (including phenoxy) is 1. The number of hydrogen-bond acceptors (Lipinski definition) is 4. The highest BCUT2D eigenvalue weighted by Crippen LogP contribution is 2.34. The van der Waals surface area contributed by atoms with Gasteiger partial charge in [-0.05, 0) is 66.4 Å². The van der Waals surface area contributed by atoms with Crippen molar-refractivity contribution in [2.75, 3.05) is 18.0 Å². The fraction of sp³-hybridized carbons (Fsp3) is 0.321. The number of aryl methyl sites for hydroxylation is 1. The van der Waals surface area contributed by atoms with Gasteiger partial charge in [-0.2, -0.15) is 0 Å². The van der Waals surface area contributed by atoms with Crippen molar-refractivity contribution in [1.29, 1.82) is 0 Å². The van der Waals surface area contributed by atoms with Crippen molar-refractivity contribution < 1.29 is 22.7 Å². The molecule has 5 nitrogen and oxygen atoms in total. The monoisotopic (exact) mass is 495 g/mol. The van der Waals surface area contributed by atoms with Crippen molar-refractivity contribution in [3.05, 3.63) is 94.5 Å². The van der Waals surface area contributed by atoms with E-state index in [1.54, 1.807) is 17.0 Å². The molecule has 1 saturated heterocycles. The molecule has 3 aromatic rings. The molecule has 0 saturated carbocycles. The molecular formula is C28H28F3N3O2. The van der Waals surface area contributed by atoms with Crippen molar-refractivity contribution in [2.24, 2.45) is 0 Å². The first-order valence-corrected chi connectivity index (χ1v) is 12.1. The molecule has 0 radical (unpaired) electrons. The van der Waals surface area contributed by atoms with Gasteiger partial charge in [0.2, 0.25) is 0 Å². The van der Waals surface area contributed by atoms with Crippen molar-refractivity contribution in [3.63, 3.8) is 0 Å². The Kier molecular flexibility index (Phi) is 6.62. The van der Waals surface area contributed by atoms with Gasteiger partial charge in [0.25, 0.3) is 5.91 Å². The van der Waals surface area contributed by atoms with Crippen molar-refractivity contribution >= 4 is 11.6 Å². The van der Waals surface area contributed by atoms with E-state index in [1.165, 1.54) is 17.7 Å². The average molecular weight is 496 g/mol. The predicted molar refractivity (Wildman–Crippen MR) is 132 cm³/mol. The first-order chi connectivity index (χ1) is 17.3. The third-order valence-electron chi connectivity index (χ3n) is 6.80. The molecule has 1 unspecified atom stereocenters. The fourth-order valence-corrected chi connectivity index (χ4v) is 5.13. The highest BCUT2D eigenvalue weighted by molar-refractivity contribution is 6.00. The quantitative estimate of drug-likeness (QED) is 0.476. The molecule has 1 N–H and O–H groups in total. The topological polar surface area (TPSA) is 44.8 Å². The van der Waals surface area contributed by atoms with Crippen LogP contribution < -0.4 is 15.0 Å². The summed E-state index contributed by atoms with van der Waals surface area (Å²) >= 11 is 0. The predicted octanol–water partition coefficient (Wildman–Crippen LogP) is 5.42. The maximum Gasteiger partial charge on any atom is 0.573 e. The van der Waals surface area contributed by atoms with Crippen molar-refractivity contribution in [3.8, 4) is 5.75 Å². The Hall–Kier alpha value is -3.52. The Morgan fingerprint density at radius 1 is 1.06 bits per heavy atom. The maximum absolute atomic E-state index is 13.2. The second-order valence-electron chi connectivity index (χ2n) is 9.41. The van der Waals surface area contributed by atoms with Gasteiger partial charge in [-0.15, -0.1) is 13.2 Å². The van der Waals surface area contributed by atoms with Gasteiger partial charge >= 0.3 is 6.36 Å². The third-order valence-corrected chi connectivity index (χ3v) is 6.80. The van der Waals surface area contributed by atoms with E-state index in [0.717, 1.165) is 54.0 Å². The number of rotatable bonds is 7. The average Bonchev–Trinajstić information content (AvgIpc) is 3.47. The lowest BCUT2D eigenvalue weighted by Crippen LogP contribution is -2.36. The van der Waals surface area contributed by atoms with E-state index >= 15 is 0 Å². The van der Waals surface area contributed by atoms with Gasteiger partial charge < -0.3 is 19.9 Å². The van der Waals surface area contributed by atoms with E-state index in [1.807, 2.05) is 25.1 Å². The van der Waals surface area contributed by atoms with E-state index in [9.17, 15) is 18.0 Å². The van der Waals surface area contributed by atoms with Crippen LogP contribution in [0.25, 0.3) is 0 Å². The van der Waals surface area contributed by atoms with Crippen LogP contribution in [0.4, 0.5) is 18.9 Å². The zero-order chi connectivity index (χ0) is 25.3. The van der Waals surface area contributed by atoms with Gasteiger partial charge in [0.1, 0.15) is 5.75 Å². The highest BCUT2D eigenvalue weighted by Gasteiger charge is 2.32. The number of nitrogens with one attached hydrogen (secondary N) is 1. The van der Waals surface area contributed by atoms with Crippen LogP contribution in [0.2, 0.25) is 0 Å². The lowest BCUT2D eigenvalue weighted by Gasteiger charge is -2.31. The molecule has 188 valence electrons. The van der Waals surface area contributed by atoms with Crippen LogP contribution in [0.5, 0.6) is 5.75 Å². The number of anilines is 1. The van der Waals surface area contributed by atoms with Crippen LogP contribution in [0.3, 0.4) is 0 Å².